The summed E-state index contributed by atoms with van der Waals surface area (Å²) in [5, 5.41) is 0.727. The van der Waals surface area contributed by atoms with Crippen LogP contribution in [0.25, 0.3) is 0 Å². The van der Waals surface area contributed by atoms with Gasteiger partial charge in [0, 0.05) is 5.02 Å². The van der Waals surface area contributed by atoms with Crippen molar-refractivity contribution in [3.8, 4) is 0 Å². The smallest absolute Gasteiger partial charge is 0.404 e. The van der Waals surface area contributed by atoms with Crippen LogP contribution in [-0.4, -0.2) is 12.7 Å². The summed E-state index contributed by atoms with van der Waals surface area (Å²) >= 11 is 5.80. The predicted octanol–water partition coefficient (Wildman–Crippen LogP) is 3.00. The van der Waals surface area contributed by atoms with Gasteiger partial charge in [-0.1, -0.05) is 30.7 Å². The molecule has 1 rings (SSSR count). The number of halogens is 1. The average Bonchev–Trinajstić information content (AvgIpc) is 2.26. The number of carbonyl (C=O) groups excluding carboxylic acids is 1. The summed E-state index contributed by atoms with van der Waals surface area (Å²) in [5.74, 6) is 0.300. The van der Waals surface area contributed by atoms with E-state index in [1.54, 1.807) is 0 Å². The number of hydrogen-bond donors (Lipinski definition) is 1. The molecule has 1 aromatic rings. The van der Waals surface area contributed by atoms with Gasteiger partial charge in [0.1, 0.15) is 0 Å². The van der Waals surface area contributed by atoms with Gasteiger partial charge in [0.15, 0.2) is 0 Å². The van der Waals surface area contributed by atoms with Crippen molar-refractivity contribution in [2.75, 3.05) is 6.61 Å². The third kappa shape index (κ3) is 4.53. The van der Waals surface area contributed by atoms with E-state index in [2.05, 4.69) is 6.92 Å². The van der Waals surface area contributed by atoms with Crippen LogP contribution in [0, 0.1) is 5.92 Å². The minimum atomic E-state index is -0.713. The summed E-state index contributed by atoms with van der Waals surface area (Å²) in [5.41, 5.74) is 6.11. The van der Waals surface area contributed by atoms with Crippen LogP contribution in [0.4, 0.5) is 4.79 Å². The molecule has 0 bridgehead atoms. The van der Waals surface area contributed by atoms with Crippen LogP contribution in [0.15, 0.2) is 24.3 Å². The lowest BCUT2D eigenvalue weighted by Gasteiger charge is -2.14. The third-order valence-corrected chi connectivity index (χ3v) is 2.73. The van der Waals surface area contributed by atoms with Crippen LogP contribution < -0.4 is 5.73 Å². The zero-order valence-corrected chi connectivity index (χ0v) is 10.0. The second-order valence-electron chi connectivity index (χ2n) is 3.73. The van der Waals surface area contributed by atoms with Gasteiger partial charge in [-0.05, 0) is 36.5 Å². The van der Waals surface area contributed by atoms with E-state index in [-0.39, 0.29) is 0 Å². The van der Waals surface area contributed by atoms with E-state index in [0.717, 1.165) is 17.9 Å². The van der Waals surface area contributed by atoms with Crippen molar-refractivity contribution in [2.45, 2.75) is 19.8 Å². The second-order valence-corrected chi connectivity index (χ2v) is 4.17. The van der Waals surface area contributed by atoms with Gasteiger partial charge in [0.25, 0.3) is 0 Å². The number of ether oxygens (including phenoxy) is 1. The molecule has 4 heteroatoms. The maximum absolute atomic E-state index is 10.5. The molecular formula is C12H16ClNO2. The number of carbonyl (C=O) groups is 1. The Bertz CT molecular complexity index is 337. The van der Waals surface area contributed by atoms with Gasteiger partial charge in [0.2, 0.25) is 0 Å². The molecule has 0 heterocycles. The molecule has 0 fully saturated rings. The van der Waals surface area contributed by atoms with Gasteiger partial charge in [-0.3, -0.25) is 0 Å². The first-order chi connectivity index (χ1) is 7.61. The first kappa shape index (κ1) is 12.8. The number of primary amides is 1. The van der Waals surface area contributed by atoms with E-state index < -0.39 is 6.09 Å². The second kappa shape index (κ2) is 6.38. The van der Waals surface area contributed by atoms with Crippen molar-refractivity contribution in [1.29, 1.82) is 0 Å². The highest BCUT2D eigenvalue weighted by Crippen LogP contribution is 2.15. The van der Waals surface area contributed by atoms with Crippen molar-refractivity contribution in [3.63, 3.8) is 0 Å². The molecule has 0 radical (unpaired) electrons. The van der Waals surface area contributed by atoms with Crippen LogP contribution in [0.1, 0.15) is 18.9 Å². The molecule has 16 heavy (non-hydrogen) atoms. The van der Waals surface area contributed by atoms with Gasteiger partial charge in [-0.2, -0.15) is 0 Å². The molecule has 1 unspecified atom stereocenters. The first-order valence-corrected chi connectivity index (χ1v) is 5.66. The molecule has 1 aromatic carbocycles. The molecular weight excluding hydrogens is 226 g/mol. The number of amides is 1. The van der Waals surface area contributed by atoms with Crippen molar-refractivity contribution < 1.29 is 9.53 Å². The molecule has 1 amide bonds. The highest BCUT2D eigenvalue weighted by atomic mass is 35.5. The highest BCUT2D eigenvalue weighted by molar-refractivity contribution is 6.30. The van der Waals surface area contributed by atoms with Gasteiger partial charge in [-0.15, -0.1) is 0 Å². The van der Waals surface area contributed by atoms with Crippen LogP contribution >= 0.6 is 11.6 Å². The standard InChI is InChI=1S/C12H16ClNO2/c1-2-9(8-16-12(14)15)7-10-3-5-11(13)6-4-10/h3-6,9H,2,7-8H2,1H3,(H2,14,15). The lowest BCUT2D eigenvalue weighted by Crippen LogP contribution is -2.19. The number of nitrogens with two attached hydrogens (primary N) is 1. The Kier molecular flexibility index (Phi) is 5.12. The molecule has 0 aliphatic heterocycles. The summed E-state index contributed by atoms with van der Waals surface area (Å²) in [4.78, 5) is 10.5. The van der Waals surface area contributed by atoms with Crippen LogP contribution in [-0.2, 0) is 11.2 Å². The van der Waals surface area contributed by atoms with Crippen LogP contribution in [0.3, 0.4) is 0 Å². The van der Waals surface area contributed by atoms with E-state index in [0.29, 0.717) is 12.5 Å². The first-order valence-electron chi connectivity index (χ1n) is 5.28. The zero-order valence-electron chi connectivity index (χ0n) is 9.28. The summed E-state index contributed by atoms with van der Waals surface area (Å²) in [6, 6.07) is 7.68. The van der Waals surface area contributed by atoms with Crippen LogP contribution in [0.5, 0.6) is 0 Å². The summed E-state index contributed by atoms with van der Waals surface area (Å²) < 4.78 is 4.80. The van der Waals surface area contributed by atoms with Gasteiger partial charge in [-0.25, -0.2) is 4.79 Å². The van der Waals surface area contributed by atoms with Crippen molar-refractivity contribution in [2.24, 2.45) is 11.7 Å². The van der Waals surface area contributed by atoms with Gasteiger partial charge in [0.05, 0.1) is 6.61 Å². The van der Waals surface area contributed by atoms with Crippen molar-refractivity contribution in [1.82, 2.24) is 0 Å². The number of benzene rings is 1. The Labute approximate surface area is 101 Å². The Morgan fingerprint density at radius 1 is 1.44 bits per heavy atom. The van der Waals surface area contributed by atoms with Gasteiger partial charge >= 0.3 is 6.09 Å². The molecule has 2 N–H and O–H groups in total. The molecule has 0 aliphatic rings. The van der Waals surface area contributed by atoms with Gasteiger partial charge < -0.3 is 10.5 Å². The van der Waals surface area contributed by atoms with E-state index >= 15 is 0 Å². The van der Waals surface area contributed by atoms with Crippen molar-refractivity contribution >= 4 is 17.7 Å². The fraction of sp³-hybridized carbons (Fsp3) is 0.417. The number of hydrogen-bond acceptors (Lipinski definition) is 2. The Morgan fingerprint density at radius 2 is 2.06 bits per heavy atom. The molecule has 0 saturated heterocycles. The maximum Gasteiger partial charge on any atom is 0.404 e. The largest absolute Gasteiger partial charge is 0.449 e. The van der Waals surface area contributed by atoms with E-state index in [4.69, 9.17) is 22.1 Å². The minimum Gasteiger partial charge on any atom is -0.449 e. The lowest BCUT2D eigenvalue weighted by atomic mass is 9.98. The Balaban J connectivity index is 2.49. The zero-order chi connectivity index (χ0) is 12.0. The molecule has 0 aromatic heterocycles. The molecule has 0 saturated carbocycles. The summed E-state index contributed by atoms with van der Waals surface area (Å²) in [6.45, 7) is 2.43. The molecule has 3 nitrogen and oxygen atoms in total. The highest BCUT2D eigenvalue weighted by Gasteiger charge is 2.09. The minimum absolute atomic E-state index is 0.300. The average molecular weight is 242 g/mol. The van der Waals surface area contributed by atoms with Crippen molar-refractivity contribution in [3.05, 3.63) is 34.9 Å². The molecule has 0 aliphatic carbocycles. The third-order valence-electron chi connectivity index (χ3n) is 2.48. The summed E-state index contributed by atoms with van der Waals surface area (Å²) in [6.07, 6.45) is 1.09. The van der Waals surface area contributed by atoms with E-state index in [9.17, 15) is 4.79 Å². The monoisotopic (exact) mass is 241 g/mol. The maximum atomic E-state index is 10.5. The molecule has 0 spiro atoms. The lowest BCUT2D eigenvalue weighted by molar-refractivity contribution is 0.135. The van der Waals surface area contributed by atoms with E-state index in [1.807, 2.05) is 24.3 Å². The SMILES string of the molecule is CCC(COC(N)=O)Cc1ccc(Cl)cc1. The Morgan fingerprint density at radius 3 is 2.56 bits per heavy atom. The molecule has 1 atom stereocenters. The number of rotatable bonds is 5. The van der Waals surface area contributed by atoms with E-state index in [1.165, 1.54) is 5.56 Å². The predicted molar refractivity (Wildman–Crippen MR) is 64.5 cm³/mol. The quantitative estimate of drug-likeness (QED) is 0.862. The molecule has 88 valence electrons. The fourth-order valence-corrected chi connectivity index (χ4v) is 1.60. The fourth-order valence-electron chi connectivity index (χ4n) is 1.47. The summed E-state index contributed by atoms with van der Waals surface area (Å²) in [7, 11) is 0. The topological polar surface area (TPSA) is 52.3 Å². The van der Waals surface area contributed by atoms with Crippen LogP contribution in [0.2, 0.25) is 5.02 Å². The Hall–Kier alpha value is -1.22. The normalized spacial score (nSPS) is 12.1.